The van der Waals surface area contributed by atoms with Crippen molar-refractivity contribution in [3.05, 3.63) is 99.4 Å². The van der Waals surface area contributed by atoms with Crippen molar-refractivity contribution in [2.24, 2.45) is 0 Å². The van der Waals surface area contributed by atoms with Crippen LogP contribution in [0.5, 0.6) is 0 Å². The fourth-order valence-corrected chi connectivity index (χ4v) is 4.51. The number of anilines is 1. The van der Waals surface area contributed by atoms with Crippen LogP contribution in [0.1, 0.15) is 16.1 Å². The fourth-order valence-electron chi connectivity index (χ4n) is 3.89. The lowest BCUT2D eigenvalue weighted by Gasteiger charge is -2.13. The minimum Gasteiger partial charge on any atom is -0.432 e. The number of fused-ring (bicyclic) bond motifs is 1. The Hall–Kier alpha value is -3.91. The van der Waals surface area contributed by atoms with Gasteiger partial charge < -0.3 is 14.6 Å². The van der Waals surface area contributed by atoms with Gasteiger partial charge in [0.2, 0.25) is 17.3 Å². The van der Waals surface area contributed by atoms with Crippen molar-refractivity contribution in [1.29, 1.82) is 0 Å². The molecule has 3 heterocycles. The Labute approximate surface area is 233 Å². The number of benzene rings is 2. The molecule has 0 saturated carbocycles. The van der Waals surface area contributed by atoms with Gasteiger partial charge in [0.25, 0.3) is 0 Å². The molecular formula is C28H19Cl3N4O3. The second kappa shape index (κ2) is 10.5. The molecule has 0 radical (unpaired) electrons. The lowest BCUT2D eigenvalue weighted by atomic mass is 9.98. The summed E-state index contributed by atoms with van der Waals surface area (Å²) >= 11 is 18.9. The maximum absolute atomic E-state index is 13.5. The number of furan rings is 1. The minimum atomic E-state index is -0.454. The molecule has 3 aromatic heterocycles. The molecule has 0 saturated heterocycles. The van der Waals surface area contributed by atoms with E-state index < -0.39 is 11.8 Å². The van der Waals surface area contributed by atoms with Crippen molar-refractivity contribution in [1.82, 2.24) is 14.9 Å². The summed E-state index contributed by atoms with van der Waals surface area (Å²) in [4.78, 5) is 36.3. The highest BCUT2D eigenvalue weighted by atomic mass is 35.5. The highest BCUT2D eigenvalue weighted by molar-refractivity contribution is 6.36. The number of nitrogens with one attached hydrogen (secondary N) is 1. The lowest BCUT2D eigenvalue weighted by Crippen LogP contribution is -2.27. The zero-order valence-corrected chi connectivity index (χ0v) is 22.4. The molecule has 0 fully saturated rings. The van der Waals surface area contributed by atoms with Gasteiger partial charge in [0.15, 0.2) is 0 Å². The number of urea groups is 1. The molecule has 0 aliphatic heterocycles. The number of halogens is 3. The Morgan fingerprint density at radius 1 is 0.921 bits per heavy atom. The smallest absolute Gasteiger partial charge is 0.321 e. The normalized spacial score (nSPS) is 11.0. The first-order chi connectivity index (χ1) is 18.2. The number of carbonyl (C=O) groups is 2. The average molecular weight is 566 g/mol. The van der Waals surface area contributed by atoms with Crippen LogP contribution in [0, 0.1) is 0 Å². The Kier molecular flexibility index (Phi) is 7.08. The van der Waals surface area contributed by atoms with Crippen LogP contribution in [-0.4, -0.2) is 40.8 Å². The first kappa shape index (κ1) is 25.7. The summed E-state index contributed by atoms with van der Waals surface area (Å²) < 4.78 is 6.02. The highest BCUT2D eigenvalue weighted by Crippen LogP contribution is 2.41. The molecule has 10 heteroatoms. The van der Waals surface area contributed by atoms with E-state index in [1.807, 2.05) is 12.1 Å². The van der Waals surface area contributed by atoms with E-state index in [4.69, 9.17) is 44.2 Å². The van der Waals surface area contributed by atoms with Gasteiger partial charge in [-0.15, -0.1) is 0 Å². The minimum absolute atomic E-state index is 0.0721. The van der Waals surface area contributed by atoms with Gasteiger partial charge in [-0.25, -0.2) is 9.78 Å². The van der Waals surface area contributed by atoms with Crippen LogP contribution in [-0.2, 0) is 0 Å². The van der Waals surface area contributed by atoms with Crippen LogP contribution in [0.25, 0.3) is 33.5 Å². The molecule has 0 spiro atoms. The van der Waals surface area contributed by atoms with E-state index in [0.29, 0.717) is 42.8 Å². The largest absolute Gasteiger partial charge is 0.432 e. The van der Waals surface area contributed by atoms with Crippen LogP contribution in [0.3, 0.4) is 0 Å². The number of carbonyl (C=O) groups excluding carboxylic acids is 2. The molecule has 0 aliphatic rings. The van der Waals surface area contributed by atoms with Gasteiger partial charge >= 0.3 is 6.03 Å². The molecule has 0 bridgehead atoms. The maximum atomic E-state index is 13.5. The Morgan fingerprint density at radius 3 is 2.32 bits per heavy atom. The second-order valence-corrected chi connectivity index (χ2v) is 9.85. The van der Waals surface area contributed by atoms with Crippen LogP contribution in [0.4, 0.5) is 10.5 Å². The van der Waals surface area contributed by atoms with Gasteiger partial charge in [0.05, 0.1) is 16.1 Å². The van der Waals surface area contributed by atoms with E-state index >= 15 is 0 Å². The summed E-state index contributed by atoms with van der Waals surface area (Å²) in [6.45, 7) is 0. The van der Waals surface area contributed by atoms with Crippen LogP contribution in [0.2, 0.25) is 15.1 Å². The van der Waals surface area contributed by atoms with Gasteiger partial charge in [-0.05, 0) is 54.1 Å². The third kappa shape index (κ3) is 4.96. The molecule has 5 rings (SSSR count). The molecule has 7 nitrogen and oxygen atoms in total. The molecule has 0 atom stereocenters. The number of aromatic nitrogens is 2. The van der Waals surface area contributed by atoms with Crippen molar-refractivity contribution in [2.75, 3.05) is 19.4 Å². The van der Waals surface area contributed by atoms with E-state index in [0.717, 1.165) is 5.56 Å². The van der Waals surface area contributed by atoms with Crippen LogP contribution in [0.15, 0.2) is 77.5 Å². The Morgan fingerprint density at radius 2 is 1.66 bits per heavy atom. The third-order valence-electron chi connectivity index (χ3n) is 5.79. The zero-order chi connectivity index (χ0) is 27.0. The predicted molar refractivity (Wildman–Crippen MR) is 150 cm³/mol. The topological polar surface area (TPSA) is 88.3 Å². The number of hydrogen-bond donors (Lipinski definition) is 1. The number of hydrogen-bond acceptors (Lipinski definition) is 5. The second-order valence-electron chi connectivity index (χ2n) is 8.57. The molecule has 1 N–H and O–H groups in total. The summed E-state index contributed by atoms with van der Waals surface area (Å²) in [6.07, 6.45) is 2.99. The van der Waals surface area contributed by atoms with Crippen molar-refractivity contribution in [3.63, 3.8) is 0 Å². The van der Waals surface area contributed by atoms with Gasteiger partial charge in [0, 0.05) is 53.2 Å². The SMILES string of the molecule is CN(C)C(=O)Nc1c(C(=O)c2cccnc2)oc2nc(-c3ccc(Cl)cc3Cl)c(-c3ccc(Cl)cc3)cc12. The van der Waals surface area contributed by atoms with Crippen LogP contribution >= 0.6 is 34.8 Å². The predicted octanol–water partition coefficient (Wildman–Crippen LogP) is 7.84. The first-order valence-corrected chi connectivity index (χ1v) is 12.5. The Bertz CT molecular complexity index is 1680. The van der Waals surface area contributed by atoms with Gasteiger partial charge in [-0.2, -0.15) is 0 Å². The summed E-state index contributed by atoms with van der Waals surface area (Å²) in [7, 11) is 3.19. The maximum Gasteiger partial charge on any atom is 0.321 e. The van der Waals surface area contributed by atoms with E-state index in [-0.39, 0.29) is 17.2 Å². The fraction of sp³-hybridized carbons (Fsp3) is 0.0714. The van der Waals surface area contributed by atoms with Crippen molar-refractivity contribution >= 4 is 63.4 Å². The number of pyridine rings is 2. The molecule has 0 aliphatic carbocycles. The molecule has 2 amide bonds. The summed E-state index contributed by atoms with van der Waals surface area (Å²) in [6, 6.07) is 16.9. The molecule has 38 heavy (non-hydrogen) atoms. The van der Waals surface area contributed by atoms with Crippen molar-refractivity contribution in [3.8, 4) is 22.4 Å². The van der Waals surface area contributed by atoms with Crippen molar-refractivity contribution in [2.45, 2.75) is 0 Å². The van der Waals surface area contributed by atoms with Crippen molar-refractivity contribution < 1.29 is 14.0 Å². The highest BCUT2D eigenvalue weighted by Gasteiger charge is 2.27. The first-order valence-electron chi connectivity index (χ1n) is 11.3. The van der Waals surface area contributed by atoms with Gasteiger partial charge in [-0.1, -0.05) is 46.9 Å². The number of amides is 2. The number of nitrogens with zero attached hydrogens (tertiary/aromatic N) is 3. The van der Waals surface area contributed by atoms with E-state index in [9.17, 15) is 9.59 Å². The molecular weight excluding hydrogens is 547 g/mol. The quantitative estimate of drug-likeness (QED) is 0.219. The average Bonchev–Trinajstić information content (AvgIpc) is 3.25. The van der Waals surface area contributed by atoms with E-state index in [2.05, 4.69) is 10.3 Å². The molecule has 190 valence electrons. The monoisotopic (exact) mass is 564 g/mol. The van der Waals surface area contributed by atoms with E-state index in [1.165, 1.54) is 11.1 Å². The molecule has 2 aromatic carbocycles. The molecule has 5 aromatic rings. The Balaban J connectivity index is 1.81. The summed E-state index contributed by atoms with van der Waals surface area (Å²) in [5, 5.41) is 4.67. The van der Waals surface area contributed by atoms with Gasteiger partial charge in [0.1, 0.15) is 5.69 Å². The van der Waals surface area contributed by atoms with Gasteiger partial charge in [-0.3, -0.25) is 9.78 Å². The molecule has 0 unspecified atom stereocenters. The summed E-state index contributed by atoms with van der Waals surface area (Å²) in [5.41, 5.74) is 3.22. The summed E-state index contributed by atoms with van der Waals surface area (Å²) in [5.74, 6) is -0.526. The van der Waals surface area contributed by atoms with Crippen LogP contribution < -0.4 is 5.32 Å². The zero-order valence-electron chi connectivity index (χ0n) is 20.1. The number of ketones is 1. The lowest BCUT2D eigenvalue weighted by molar-refractivity contribution is 0.101. The third-order valence-corrected chi connectivity index (χ3v) is 6.59. The number of rotatable bonds is 5. The van der Waals surface area contributed by atoms with E-state index in [1.54, 1.807) is 68.8 Å². The standard InChI is InChI=1S/C28H19Cl3N4O3/c1-35(2)28(37)34-24-21-13-20(15-5-7-17(29)8-6-15)23(19-10-9-18(30)12-22(19)31)33-27(21)38-26(24)25(36)16-4-3-11-32-14-16/h3-14H,1-2H3,(H,34,37).